The van der Waals surface area contributed by atoms with E-state index in [1.54, 1.807) is 23.7 Å². The number of hydrogen-bond donors (Lipinski definition) is 2. The number of nitrogen functional groups attached to an aromatic ring is 1. The SMILES string of the molecule is Cc1cc(F)c(-c2cc(C)n(CCO)n2)cc1N. The molecule has 3 N–H and O–H groups in total. The zero-order chi connectivity index (χ0) is 13.3. The highest BCUT2D eigenvalue weighted by Crippen LogP contribution is 2.26. The van der Waals surface area contributed by atoms with Crippen molar-refractivity contribution in [2.24, 2.45) is 0 Å². The van der Waals surface area contributed by atoms with E-state index in [1.165, 1.54) is 6.07 Å². The van der Waals surface area contributed by atoms with E-state index in [2.05, 4.69) is 5.10 Å². The van der Waals surface area contributed by atoms with Gasteiger partial charge in [0, 0.05) is 16.9 Å². The lowest BCUT2D eigenvalue weighted by atomic mass is 10.1. The van der Waals surface area contributed by atoms with Crippen LogP contribution in [-0.2, 0) is 6.54 Å². The predicted molar refractivity (Wildman–Crippen MR) is 68.6 cm³/mol. The fourth-order valence-electron chi connectivity index (χ4n) is 1.85. The van der Waals surface area contributed by atoms with Gasteiger partial charge in [0.15, 0.2) is 0 Å². The molecule has 4 nitrogen and oxygen atoms in total. The normalized spacial score (nSPS) is 10.9. The summed E-state index contributed by atoms with van der Waals surface area (Å²) in [5.41, 5.74) is 8.83. The van der Waals surface area contributed by atoms with Gasteiger partial charge in [0.2, 0.25) is 0 Å². The number of aromatic nitrogens is 2. The van der Waals surface area contributed by atoms with Crippen molar-refractivity contribution < 1.29 is 9.50 Å². The summed E-state index contributed by atoms with van der Waals surface area (Å²) >= 11 is 0. The van der Waals surface area contributed by atoms with Crippen LogP contribution >= 0.6 is 0 Å². The Morgan fingerprint density at radius 3 is 2.72 bits per heavy atom. The summed E-state index contributed by atoms with van der Waals surface area (Å²) in [6, 6.07) is 4.78. The summed E-state index contributed by atoms with van der Waals surface area (Å²) in [7, 11) is 0. The second-order valence-corrected chi connectivity index (χ2v) is 4.31. The number of nitrogens with two attached hydrogens (primary N) is 1. The Morgan fingerprint density at radius 1 is 1.33 bits per heavy atom. The molecule has 2 rings (SSSR count). The highest BCUT2D eigenvalue weighted by Gasteiger charge is 2.12. The molecule has 1 heterocycles. The quantitative estimate of drug-likeness (QED) is 0.816. The molecule has 0 aliphatic carbocycles. The van der Waals surface area contributed by atoms with Crippen LogP contribution in [0.25, 0.3) is 11.3 Å². The first-order chi connectivity index (χ1) is 8.52. The second kappa shape index (κ2) is 4.78. The van der Waals surface area contributed by atoms with E-state index in [0.717, 1.165) is 5.69 Å². The van der Waals surface area contributed by atoms with E-state index in [4.69, 9.17) is 10.8 Å². The maximum atomic E-state index is 13.9. The van der Waals surface area contributed by atoms with Crippen molar-refractivity contribution in [2.75, 3.05) is 12.3 Å². The Hall–Kier alpha value is -1.88. The number of aliphatic hydroxyl groups is 1. The summed E-state index contributed by atoms with van der Waals surface area (Å²) in [5.74, 6) is -0.338. The van der Waals surface area contributed by atoms with Gasteiger partial charge < -0.3 is 10.8 Å². The van der Waals surface area contributed by atoms with Gasteiger partial charge in [-0.15, -0.1) is 0 Å². The number of halogens is 1. The van der Waals surface area contributed by atoms with Gasteiger partial charge in [-0.1, -0.05) is 0 Å². The van der Waals surface area contributed by atoms with E-state index in [1.807, 2.05) is 6.92 Å². The Kier molecular flexibility index (Phi) is 3.34. The van der Waals surface area contributed by atoms with Gasteiger partial charge in [-0.25, -0.2) is 4.39 Å². The maximum absolute atomic E-state index is 13.9. The highest BCUT2D eigenvalue weighted by molar-refractivity contribution is 5.67. The van der Waals surface area contributed by atoms with Crippen LogP contribution in [0, 0.1) is 19.7 Å². The van der Waals surface area contributed by atoms with Crippen LogP contribution in [-0.4, -0.2) is 21.5 Å². The van der Waals surface area contributed by atoms with Gasteiger partial charge in [0.1, 0.15) is 5.82 Å². The Labute approximate surface area is 105 Å². The van der Waals surface area contributed by atoms with Crippen molar-refractivity contribution in [2.45, 2.75) is 20.4 Å². The molecule has 5 heteroatoms. The largest absolute Gasteiger partial charge is 0.398 e. The van der Waals surface area contributed by atoms with Gasteiger partial charge in [0.25, 0.3) is 0 Å². The molecule has 0 saturated heterocycles. The minimum Gasteiger partial charge on any atom is -0.398 e. The van der Waals surface area contributed by atoms with Crippen molar-refractivity contribution in [1.82, 2.24) is 9.78 Å². The average Bonchev–Trinajstić information content (AvgIpc) is 2.66. The van der Waals surface area contributed by atoms with E-state index < -0.39 is 0 Å². The molecule has 1 aromatic heterocycles. The van der Waals surface area contributed by atoms with Gasteiger partial charge >= 0.3 is 0 Å². The van der Waals surface area contributed by atoms with Crippen LogP contribution in [0.15, 0.2) is 18.2 Å². The summed E-state index contributed by atoms with van der Waals surface area (Å²) in [5, 5.41) is 13.2. The lowest BCUT2D eigenvalue weighted by Crippen LogP contribution is -2.05. The molecule has 0 amide bonds. The molecule has 18 heavy (non-hydrogen) atoms. The third-order valence-electron chi connectivity index (χ3n) is 2.92. The third-order valence-corrected chi connectivity index (χ3v) is 2.92. The Balaban J connectivity index is 2.48. The Bertz CT molecular complexity index is 578. The lowest BCUT2D eigenvalue weighted by Gasteiger charge is -2.05. The van der Waals surface area contributed by atoms with Gasteiger partial charge in [-0.2, -0.15) is 5.10 Å². The summed E-state index contributed by atoms with van der Waals surface area (Å²) in [6.07, 6.45) is 0. The van der Waals surface area contributed by atoms with Gasteiger partial charge in [-0.05, 0) is 37.6 Å². The predicted octanol–water partition coefficient (Wildman–Crippen LogP) is 1.88. The molecule has 0 aliphatic rings. The van der Waals surface area contributed by atoms with Crippen LogP contribution in [0.2, 0.25) is 0 Å². The highest BCUT2D eigenvalue weighted by atomic mass is 19.1. The van der Waals surface area contributed by atoms with Gasteiger partial charge in [-0.3, -0.25) is 4.68 Å². The van der Waals surface area contributed by atoms with Crippen LogP contribution in [0.1, 0.15) is 11.3 Å². The summed E-state index contributed by atoms with van der Waals surface area (Å²) in [4.78, 5) is 0. The van der Waals surface area contributed by atoms with Crippen molar-refractivity contribution in [3.63, 3.8) is 0 Å². The van der Waals surface area contributed by atoms with Crippen molar-refractivity contribution >= 4 is 5.69 Å². The third kappa shape index (κ3) is 2.22. The lowest BCUT2D eigenvalue weighted by molar-refractivity contribution is 0.268. The molecule has 1 aromatic carbocycles. The van der Waals surface area contributed by atoms with E-state index in [9.17, 15) is 4.39 Å². The standard InChI is InChI=1S/C13H16FN3O/c1-8-5-11(14)10(7-12(8)15)13-6-9(2)17(16-13)3-4-18/h5-7,18H,3-4,15H2,1-2H3. The number of aliphatic hydroxyl groups excluding tert-OH is 1. The first-order valence-electron chi connectivity index (χ1n) is 5.74. The van der Waals surface area contributed by atoms with Crippen LogP contribution in [0.4, 0.5) is 10.1 Å². The topological polar surface area (TPSA) is 64.1 Å². The number of nitrogens with zero attached hydrogens (tertiary/aromatic N) is 2. The number of anilines is 1. The average molecular weight is 249 g/mol. The summed E-state index contributed by atoms with van der Waals surface area (Å²) < 4.78 is 15.5. The van der Waals surface area contributed by atoms with E-state index in [-0.39, 0.29) is 12.4 Å². The monoisotopic (exact) mass is 249 g/mol. The summed E-state index contributed by atoms with van der Waals surface area (Å²) in [6.45, 7) is 4.02. The fraction of sp³-hybridized carbons (Fsp3) is 0.308. The van der Waals surface area contributed by atoms with E-state index in [0.29, 0.717) is 29.1 Å². The van der Waals surface area contributed by atoms with Crippen molar-refractivity contribution in [3.05, 3.63) is 35.3 Å². The number of aryl methyl sites for hydroxylation is 2. The van der Waals surface area contributed by atoms with Crippen LogP contribution in [0.3, 0.4) is 0 Å². The zero-order valence-electron chi connectivity index (χ0n) is 10.4. The number of rotatable bonds is 3. The molecule has 0 unspecified atom stereocenters. The molecule has 0 atom stereocenters. The zero-order valence-corrected chi connectivity index (χ0v) is 10.4. The van der Waals surface area contributed by atoms with Gasteiger partial charge in [0.05, 0.1) is 18.8 Å². The molecule has 0 radical (unpaired) electrons. The second-order valence-electron chi connectivity index (χ2n) is 4.31. The number of benzene rings is 1. The van der Waals surface area contributed by atoms with Crippen molar-refractivity contribution in [3.8, 4) is 11.3 Å². The number of hydrogen-bond acceptors (Lipinski definition) is 3. The molecule has 96 valence electrons. The first kappa shape index (κ1) is 12.6. The molecule has 0 fully saturated rings. The fourth-order valence-corrected chi connectivity index (χ4v) is 1.85. The molecule has 2 aromatic rings. The minimum absolute atomic E-state index is 0.000475. The molecular formula is C13H16FN3O. The molecule has 0 bridgehead atoms. The molecule has 0 aliphatic heterocycles. The Morgan fingerprint density at radius 2 is 2.06 bits per heavy atom. The molecular weight excluding hydrogens is 233 g/mol. The van der Waals surface area contributed by atoms with Crippen LogP contribution in [0.5, 0.6) is 0 Å². The van der Waals surface area contributed by atoms with Crippen molar-refractivity contribution in [1.29, 1.82) is 0 Å². The van der Waals surface area contributed by atoms with Crippen LogP contribution < -0.4 is 5.73 Å². The molecule has 0 saturated carbocycles. The smallest absolute Gasteiger partial charge is 0.133 e. The maximum Gasteiger partial charge on any atom is 0.133 e. The first-order valence-corrected chi connectivity index (χ1v) is 5.74. The molecule has 0 spiro atoms. The van der Waals surface area contributed by atoms with E-state index >= 15 is 0 Å². The minimum atomic E-state index is -0.338.